The van der Waals surface area contributed by atoms with Gasteiger partial charge < -0.3 is 5.32 Å². The first-order valence-corrected chi connectivity index (χ1v) is 5.81. The number of hydrogen-bond donors (Lipinski definition) is 1. The summed E-state index contributed by atoms with van der Waals surface area (Å²) in [4.78, 5) is 14.8. The molecule has 0 aliphatic rings. The maximum atomic E-state index is 10.9. The summed E-state index contributed by atoms with van der Waals surface area (Å²) < 4.78 is 0. The summed E-state index contributed by atoms with van der Waals surface area (Å²) in [5, 5.41) is 14.1. The lowest BCUT2D eigenvalue weighted by Crippen LogP contribution is -2.17. The quantitative estimate of drug-likeness (QED) is 0.362. The summed E-state index contributed by atoms with van der Waals surface area (Å²) in [5.41, 5.74) is 2.09. The third-order valence-corrected chi connectivity index (χ3v) is 2.73. The van der Waals surface area contributed by atoms with Gasteiger partial charge in [0.1, 0.15) is 0 Å². The molecule has 1 rings (SSSR count). The lowest BCUT2D eigenvalue weighted by Gasteiger charge is -2.08. The number of pyridine rings is 1. The van der Waals surface area contributed by atoms with Gasteiger partial charge >= 0.3 is 0 Å². The largest absolute Gasteiger partial charge is 0.311 e. The highest BCUT2D eigenvalue weighted by Crippen LogP contribution is 2.23. The number of nitro groups is 1. The Morgan fingerprint density at radius 3 is 2.89 bits per heavy atom. The van der Waals surface area contributed by atoms with Crippen molar-refractivity contribution in [3.8, 4) is 12.3 Å². The van der Waals surface area contributed by atoms with Crippen molar-refractivity contribution in [1.29, 1.82) is 0 Å². The first-order chi connectivity index (χ1) is 8.57. The minimum absolute atomic E-state index is 0.158. The van der Waals surface area contributed by atoms with Crippen molar-refractivity contribution in [2.24, 2.45) is 0 Å². The zero-order chi connectivity index (χ0) is 13.5. The van der Waals surface area contributed by atoms with E-state index in [1.165, 1.54) is 0 Å². The number of aromatic nitrogens is 1. The summed E-state index contributed by atoms with van der Waals surface area (Å²) in [6, 6.07) is 0. The van der Waals surface area contributed by atoms with Crippen LogP contribution in [0.1, 0.15) is 29.7 Å². The van der Waals surface area contributed by atoms with Gasteiger partial charge in [-0.2, -0.15) is 0 Å². The second-order valence-electron chi connectivity index (χ2n) is 4.10. The fourth-order valence-electron chi connectivity index (χ4n) is 1.75. The molecular weight excluding hydrogens is 230 g/mol. The number of nitrogens with one attached hydrogen (secondary N) is 1. The molecule has 0 bridgehead atoms. The van der Waals surface area contributed by atoms with Crippen molar-refractivity contribution in [1.82, 2.24) is 10.3 Å². The Morgan fingerprint density at radius 2 is 2.28 bits per heavy atom. The van der Waals surface area contributed by atoms with Crippen molar-refractivity contribution in [2.75, 3.05) is 6.54 Å². The number of hydrogen-bond acceptors (Lipinski definition) is 4. The number of unbranched alkanes of at least 4 members (excludes halogenated alkanes) is 1. The number of nitrogens with zero attached hydrogens (tertiary/aromatic N) is 2. The molecule has 0 saturated carbocycles. The van der Waals surface area contributed by atoms with Crippen LogP contribution in [0, 0.1) is 36.3 Å². The SMILES string of the molecule is C#CCCCNCc1ncc(C)c([N+](=O)[O-])c1C. The second kappa shape index (κ2) is 6.72. The van der Waals surface area contributed by atoms with E-state index in [9.17, 15) is 10.1 Å². The molecule has 0 aromatic carbocycles. The average molecular weight is 247 g/mol. The van der Waals surface area contributed by atoms with Crippen molar-refractivity contribution in [3.05, 3.63) is 33.1 Å². The Balaban J connectivity index is 2.70. The molecule has 0 aliphatic carbocycles. The van der Waals surface area contributed by atoms with E-state index < -0.39 is 0 Å². The van der Waals surface area contributed by atoms with Gasteiger partial charge in [-0.3, -0.25) is 15.1 Å². The highest BCUT2D eigenvalue weighted by atomic mass is 16.6. The highest BCUT2D eigenvalue weighted by Gasteiger charge is 2.18. The second-order valence-corrected chi connectivity index (χ2v) is 4.10. The Morgan fingerprint density at radius 1 is 1.56 bits per heavy atom. The van der Waals surface area contributed by atoms with Gasteiger partial charge in [-0.15, -0.1) is 12.3 Å². The van der Waals surface area contributed by atoms with Crippen LogP contribution < -0.4 is 5.32 Å². The van der Waals surface area contributed by atoms with Crippen molar-refractivity contribution in [2.45, 2.75) is 33.2 Å². The third-order valence-electron chi connectivity index (χ3n) is 2.73. The van der Waals surface area contributed by atoms with E-state index in [4.69, 9.17) is 6.42 Å². The normalized spacial score (nSPS) is 10.1. The van der Waals surface area contributed by atoms with Crippen LogP contribution in [0.4, 0.5) is 5.69 Å². The molecule has 5 nitrogen and oxygen atoms in total. The molecular formula is C13H17N3O2. The molecule has 0 atom stereocenters. The summed E-state index contributed by atoms with van der Waals surface area (Å²) >= 11 is 0. The van der Waals surface area contributed by atoms with Crippen LogP contribution in [0.25, 0.3) is 0 Å². The van der Waals surface area contributed by atoms with E-state index in [-0.39, 0.29) is 10.6 Å². The Labute approximate surface area is 107 Å². The van der Waals surface area contributed by atoms with Crippen molar-refractivity contribution >= 4 is 5.69 Å². The zero-order valence-electron chi connectivity index (χ0n) is 10.7. The van der Waals surface area contributed by atoms with Gasteiger partial charge in [-0.25, -0.2) is 0 Å². The van der Waals surface area contributed by atoms with E-state index >= 15 is 0 Å². The fraction of sp³-hybridized carbons (Fsp3) is 0.462. The van der Waals surface area contributed by atoms with E-state index in [0.717, 1.165) is 19.4 Å². The molecule has 0 radical (unpaired) electrons. The molecule has 1 N–H and O–H groups in total. The smallest absolute Gasteiger partial charge is 0.278 e. The standard InChI is InChI=1S/C13H17N3O2/c1-4-5-6-7-14-9-12-11(3)13(16(17)18)10(2)8-15-12/h1,8,14H,5-7,9H2,2-3H3. The van der Waals surface area contributed by atoms with Crippen LogP contribution in [0.15, 0.2) is 6.20 Å². The van der Waals surface area contributed by atoms with Crippen LogP contribution in [0.2, 0.25) is 0 Å². The van der Waals surface area contributed by atoms with Crippen LogP contribution >= 0.6 is 0 Å². The van der Waals surface area contributed by atoms with E-state index in [1.807, 2.05) is 0 Å². The Kier molecular flexibility index (Phi) is 5.28. The highest BCUT2D eigenvalue weighted by molar-refractivity contribution is 5.47. The summed E-state index contributed by atoms with van der Waals surface area (Å²) in [5.74, 6) is 2.56. The Hall–Kier alpha value is -1.93. The van der Waals surface area contributed by atoms with E-state index in [0.29, 0.717) is 23.4 Å². The van der Waals surface area contributed by atoms with Crippen LogP contribution in [0.3, 0.4) is 0 Å². The molecule has 0 fully saturated rings. The molecule has 1 heterocycles. The minimum atomic E-state index is -0.353. The lowest BCUT2D eigenvalue weighted by molar-refractivity contribution is -0.386. The molecule has 0 spiro atoms. The maximum Gasteiger partial charge on any atom is 0.278 e. The molecule has 5 heteroatoms. The molecule has 0 aliphatic heterocycles. The molecule has 0 amide bonds. The van der Waals surface area contributed by atoms with Gasteiger partial charge in [0.25, 0.3) is 5.69 Å². The molecule has 0 saturated heterocycles. The van der Waals surface area contributed by atoms with Crippen LogP contribution in [-0.4, -0.2) is 16.5 Å². The molecule has 1 aromatic heterocycles. The van der Waals surface area contributed by atoms with Crippen LogP contribution in [0.5, 0.6) is 0 Å². The first kappa shape index (κ1) is 14.1. The first-order valence-electron chi connectivity index (χ1n) is 5.81. The van der Waals surface area contributed by atoms with Gasteiger partial charge in [0.15, 0.2) is 0 Å². The van der Waals surface area contributed by atoms with Crippen LogP contribution in [-0.2, 0) is 6.54 Å². The monoisotopic (exact) mass is 247 g/mol. The average Bonchev–Trinajstić information content (AvgIpc) is 2.31. The van der Waals surface area contributed by atoms with E-state index in [2.05, 4.69) is 16.2 Å². The zero-order valence-corrected chi connectivity index (χ0v) is 10.7. The van der Waals surface area contributed by atoms with Gasteiger partial charge in [0.05, 0.1) is 10.6 Å². The predicted octanol–water partition coefficient (Wildman–Crippen LogP) is 2.11. The van der Waals surface area contributed by atoms with Gasteiger partial charge in [-0.05, 0) is 26.8 Å². The Bertz CT molecular complexity index is 478. The van der Waals surface area contributed by atoms with Gasteiger partial charge in [0.2, 0.25) is 0 Å². The topological polar surface area (TPSA) is 68.1 Å². The van der Waals surface area contributed by atoms with Crippen molar-refractivity contribution < 1.29 is 4.92 Å². The summed E-state index contributed by atoms with van der Waals surface area (Å²) in [6.45, 7) is 4.74. The third kappa shape index (κ3) is 3.54. The van der Waals surface area contributed by atoms with Crippen molar-refractivity contribution in [3.63, 3.8) is 0 Å². The number of rotatable bonds is 6. The summed E-state index contributed by atoms with van der Waals surface area (Å²) in [7, 11) is 0. The number of aryl methyl sites for hydroxylation is 1. The maximum absolute atomic E-state index is 10.9. The molecule has 0 unspecified atom stereocenters. The molecule has 96 valence electrons. The lowest BCUT2D eigenvalue weighted by atomic mass is 10.1. The fourth-order valence-corrected chi connectivity index (χ4v) is 1.75. The van der Waals surface area contributed by atoms with E-state index in [1.54, 1.807) is 20.0 Å². The number of terminal acetylenes is 1. The molecule has 18 heavy (non-hydrogen) atoms. The van der Waals surface area contributed by atoms with Gasteiger partial charge in [0, 0.05) is 30.3 Å². The van der Waals surface area contributed by atoms with Gasteiger partial charge in [-0.1, -0.05) is 0 Å². The minimum Gasteiger partial charge on any atom is -0.311 e. The predicted molar refractivity (Wildman–Crippen MR) is 70.1 cm³/mol. The summed E-state index contributed by atoms with van der Waals surface area (Å²) in [6.07, 6.45) is 8.32. The molecule has 1 aromatic rings.